The van der Waals surface area contributed by atoms with Crippen molar-refractivity contribution in [3.63, 3.8) is 0 Å². The Morgan fingerprint density at radius 1 is 1.29 bits per heavy atom. The van der Waals surface area contributed by atoms with Crippen LogP contribution in [0.4, 0.5) is 0 Å². The second-order valence-electron chi connectivity index (χ2n) is 5.50. The van der Waals surface area contributed by atoms with Crippen LogP contribution in [0.5, 0.6) is 0 Å². The quantitative estimate of drug-likeness (QED) is 0.761. The van der Waals surface area contributed by atoms with Gasteiger partial charge in [0.05, 0.1) is 0 Å². The Kier molecular flexibility index (Phi) is 7.56. The molecule has 1 aliphatic rings. The molecule has 0 heterocycles. The van der Waals surface area contributed by atoms with Gasteiger partial charge in [0.25, 0.3) is 0 Å². The van der Waals surface area contributed by atoms with Crippen LogP contribution in [0.2, 0.25) is 0 Å². The Labute approximate surface area is 112 Å². The maximum atomic E-state index is 6.02. The third-order valence-electron chi connectivity index (χ3n) is 4.39. The monoisotopic (exact) mass is 258 g/mol. The third kappa shape index (κ3) is 4.80. The first-order valence-electron chi connectivity index (χ1n) is 7.11. The number of hydrogen-bond acceptors (Lipinski definition) is 3. The van der Waals surface area contributed by atoms with E-state index in [4.69, 9.17) is 5.73 Å². The van der Waals surface area contributed by atoms with Gasteiger partial charge in [0, 0.05) is 18.6 Å². The van der Waals surface area contributed by atoms with Crippen LogP contribution in [0, 0.1) is 5.92 Å². The van der Waals surface area contributed by atoms with E-state index >= 15 is 0 Å². The fourth-order valence-corrected chi connectivity index (χ4v) is 3.61. The fourth-order valence-electron chi connectivity index (χ4n) is 3.03. The van der Waals surface area contributed by atoms with Crippen molar-refractivity contribution in [1.29, 1.82) is 0 Å². The van der Waals surface area contributed by atoms with Crippen molar-refractivity contribution in [3.05, 3.63) is 0 Å². The molecule has 0 aromatic carbocycles. The molecule has 102 valence electrons. The van der Waals surface area contributed by atoms with Gasteiger partial charge < -0.3 is 5.73 Å². The molecule has 0 saturated heterocycles. The topological polar surface area (TPSA) is 29.3 Å². The summed E-state index contributed by atoms with van der Waals surface area (Å²) in [6.07, 6.45) is 10.5. The van der Waals surface area contributed by atoms with Crippen LogP contribution in [0.3, 0.4) is 0 Å². The zero-order valence-electron chi connectivity index (χ0n) is 11.8. The van der Waals surface area contributed by atoms with E-state index < -0.39 is 0 Å². The molecule has 0 spiro atoms. The highest BCUT2D eigenvalue weighted by Gasteiger charge is 2.27. The summed E-state index contributed by atoms with van der Waals surface area (Å²) in [5.74, 6) is 2.10. The highest BCUT2D eigenvalue weighted by atomic mass is 32.2. The predicted octanol–water partition coefficient (Wildman–Crippen LogP) is 2.97. The first-order valence-corrected chi connectivity index (χ1v) is 8.51. The van der Waals surface area contributed by atoms with E-state index in [2.05, 4.69) is 25.1 Å². The molecule has 1 saturated carbocycles. The van der Waals surface area contributed by atoms with Crippen LogP contribution < -0.4 is 5.73 Å². The van der Waals surface area contributed by atoms with Crippen LogP contribution in [0.25, 0.3) is 0 Å². The van der Waals surface area contributed by atoms with Gasteiger partial charge in [-0.25, -0.2) is 0 Å². The summed E-state index contributed by atoms with van der Waals surface area (Å²) >= 11 is 1.94. The first kappa shape index (κ1) is 15.3. The number of hydrogen-bond donors (Lipinski definition) is 1. The summed E-state index contributed by atoms with van der Waals surface area (Å²) in [5, 5.41) is 0. The van der Waals surface area contributed by atoms with E-state index in [0.717, 1.165) is 12.5 Å². The van der Waals surface area contributed by atoms with E-state index in [0.29, 0.717) is 12.1 Å². The van der Waals surface area contributed by atoms with Gasteiger partial charge in [0.2, 0.25) is 0 Å². The predicted molar refractivity (Wildman–Crippen MR) is 79.6 cm³/mol. The van der Waals surface area contributed by atoms with Gasteiger partial charge in [-0.1, -0.05) is 19.3 Å². The molecule has 0 aromatic rings. The van der Waals surface area contributed by atoms with Crippen molar-refractivity contribution < 1.29 is 0 Å². The molecule has 0 aromatic heterocycles. The van der Waals surface area contributed by atoms with Gasteiger partial charge in [0.15, 0.2) is 0 Å². The molecule has 2 N–H and O–H groups in total. The smallest absolute Gasteiger partial charge is 0.0246 e. The molecule has 17 heavy (non-hydrogen) atoms. The second-order valence-corrected chi connectivity index (χ2v) is 6.48. The summed E-state index contributed by atoms with van der Waals surface area (Å²) in [6, 6.07) is 1.27. The largest absolute Gasteiger partial charge is 0.329 e. The van der Waals surface area contributed by atoms with E-state index in [-0.39, 0.29) is 0 Å². The average molecular weight is 258 g/mol. The Balaban J connectivity index is 2.46. The third-order valence-corrected chi connectivity index (χ3v) is 5.04. The van der Waals surface area contributed by atoms with Crippen LogP contribution in [0.1, 0.15) is 45.4 Å². The van der Waals surface area contributed by atoms with Crippen molar-refractivity contribution in [3.8, 4) is 0 Å². The van der Waals surface area contributed by atoms with Crippen LogP contribution in [-0.2, 0) is 0 Å². The zero-order valence-corrected chi connectivity index (χ0v) is 12.6. The van der Waals surface area contributed by atoms with Gasteiger partial charge in [-0.2, -0.15) is 11.8 Å². The van der Waals surface area contributed by atoms with Crippen molar-refractivity contribution >= 4 is 11.8 Å². The van der Waals surface area contributed by atoms with Gasteiger partial charge in [-0.15, -0.1) is 0 Å². The molecule has 0 radical (unpaired) electrons. The lowest BCUT2D eigenvalue weighted by Crippen LogP contribution is -2.48. The average Bonchev–Trinajstić information content (AvgIpc) is 2.38. The number of rotatable bonds is 7. The van der Waals surface area contributed by atoms with Crippen molar-refractivity contribution in [2.24, 2.45) is 11.7 Å². The van der Waals surface area contributed by atoms with Crippen molar-refractivity contribution in [1.82, 2.24) is 4.90 Å². The molecule has 2 unspecified atom stereocenters. The summed E-state index contributed by atoms with van der Waals surface area (Å²) in [6.45, 7) is 3.17. The highest BCUT2D eigenvalue weighted by molar-refractivity contribution is 7.98. The van der Waals surface area contributed by atoms with E-state index in [1.165, 1.54) is 44.3 Å². The molecular formula is C14H30N2S. The maximum Gasteiger partial charge on any atom is 0.0246 e. The molecule has 0 amide bonds. The molecule has 2 nitrogen and oxygen atoms in total. The van der Waals surface area contributed by atoms with E-state index in [9.17, 15) is 0 Å². The van der Waals surface area contributed by atoms with E-state index in [1.807, 2.05) is 11.8 Å². The molecule has 0 bridgehead atoms. The van der Waals surface area contributed by atoms with Crippen molar-refractivity contribution in [2.45, 2.75) is 57.5 Å². The fraction of sp³-hybridized carbons (Fsp3) is 1.00. The highest BCUT2D eigenvalue weighted by Crippen LogP contribution is 2.29. The maximum absolute atomic E-state index is 6.02. The molecule has 2 atom stereocenters. The number of nitrogens with two attached hydrogens (primary N) is 1. The normalized spacial score (nSPS) is 21.7. The molecule has 0 aliphatic heterocycles. The van der Waals surface area contributed by atoms with E-state index in [1.54, 1.807) is 0 Å². The lowest BCUT2D eigenvalue weighted by Gasteiger charge is -2.39. The van der Waals surface area contributed by atoms with Crippen LogP contribution in [-0.4, -0.2) is 42.6 Å². The Hall–Kier alpha value is 0.270. The van der Waals surface area contributed by atoms with Gasteiger partial charge >= 0.3 is 0 Å². The van der Waals surface area contributed by atoms with Crippen molar-refractivity contribution in [2.75, 3.05) is 25.6 Å². The van der Waals surface area contributed by atoms with Crippen LogP contribution in [0.15, 0.2) is 0 Å². The molecule has 1 rings (SSSR count). The summed E-state index contributed by atoms with van der Waals surface area (Å²) in [7, 11) is 2.27. The first-order chi connectivity index (χ1) is 8.20. The number of thioether (sulfide) groups is 1. The van der Waals surface area contributed by atoms with Gasteiger partial charge in [-0.05, 0) is 51.2 Å². The molecule has 1 fully saturated rings. The summed E-state index contributed by atoms with van der Waals surface area (Å²) < 4.78 is 0. The minimum Gasteiger partial charge on any atom is -0.329 e. The second kappa shape index (κ2) is 8.39. The Bertz CT molecular complexity index is 193. The van der Waals surface area contributed by atoms with Gasteiger partial charge in [-0.3, -0.25) is 4.90 Å². The lowest BCUT2D eigenvalue weighted by atomic mass is 9.83. The standard InChI is InChI=1S/C14H30N2S/c1-12(9-10-17-3)16(2)14(11-15)13-7-5-4-6-8-13/h12-14H,4-11,15H2,1-3H3. The lowest BCUT2D eigenvalue weighted by molar-refractivity contribution is 0.112. The molecule has 3 heteroatoms. The molecular weight excluding hydrogens is 228 g/mol. The SMILES string of the molecule is CSCCC(C)N(C)C(CN)C1CCCCC1. The number of nitrogens with zero attached hydrogens (tertiary/aromatic N) is 1. The Morgan fingerprint density at radius 2 is 1.94 bits per heavy atom. The van der Waals surface area contributed by atoms with Gasteiger partial charge in [0.1, 0.15) is 0 Å². The summed E-state index contributed by atoms with van der Waals surface area (Å²) in [5.41, 5.74) is 6.02. The Morgan fingerprint density at radius 3 is 2.47 bits per heavy atom. The minimum atomic E-state index is 0.604. The molecule has 1 aliphatic carbocycles. The minimum absolute atomic E-state index is 0.604. The van der Waals surface area contributed by atoms with Crippen LogP contribution >= 0.6 is 11.8 Å². The zero-order chi connectivity index (χ0) is 12.7. The number of likely N-dealkylation sites (N-methyl/N-ethyl adjacent to an activating group) is 1. The summed E-state index contributed by atoms with van der Waals surface area (Å²) in [4.78, 5) is 2.55.